The summed E-state index contributed by atoms with van der Waals surface area (Å²) in [7, 11) is 1.91. The van der Waals surface area contributed by atoms with Gasteiger partial charge in [-0.25, -0.2) is 4.68 Å². The molecule has 0 spiro atoms. The molecule has 6 nitrogen and oxygen atoms in total. The number of para-hydroxylation sites is 2. The van der Waals surface area contributed by atoms with Gasteiger partial charge in [-0.1, -0.05) is 36.4 Å². The van der Waals surface area contributed by atoms with E-state index in [1.54, 1.807) is 12.4 Å². The van der Waals surface area contributed by atoms with Crippen LogP contribution in [0.2, 0.25) is 0 Å². The predicted molar refractivity (Wildman–Crippen MR) is 121 cm³/mol. The van der Waals surface area contributed by atoms with Crippen molar-refractivity contribution in [2.24, 2.45) is 7.05 Å². The summed E-state index contributed by atoms with van der Waals surface area (Å²) in [6.07, 6.45) is 5.45. The van der Waals surface area contributed by atoms with E-state index in [1.807, 2.05) is 95.3 Å². The maximum Gasteiger partial charge on any atom is 0.268 e. The van der Waals surface area contributed by atoms with E-state index in [0.717, 1.165) is 33.4 Å². The minimum absolute atomic E-state index is 0.119. The molecule has 0 unspecified atom stereocenters. The maximum absolute atomic E-state index is 13.0. The van der Waals surface area contributed by atoms with Crippen LogP contribution in [0.15, 0.2) is 91.4 Å². The molecule has 0 bridgehead atoms. The van der Waals surface area contributed by atoms with Crippen molar-refractivity contribution >= 4 is 16.8 Å². The average molecular weight is 407 g/mol. The van der Waals surface area contributed by atoms with Crippen LogP contribution in [-0.2, 0) is 13.6 Å². The summed E-state index contributed by atoms with van der Waals surface area (Å²) in [5.41, 5.74) is 5.33. The van der Waals surface area contributed by atoms with Gasteiger partial charge in [0.15, 0.2) is 0 Å². The van der Waals surface area contributed by atoms with Crippen LogP contribution in [0.1, 0.15) is 16.1 Å². The highest BCUT2D eigenvalue weighted by Gasteiger charge is 2.16. The summed E-state index contributed by atoms with van der Waals surface area (Å²) >= 11 is 0. The minimum Gasteiger partial charge on any atom is -0.347 e. The summed E-state index contributed by atoms with van der Waals surface area (Å²) in [4.78, 5) is 17.1. The SMILES string of the molecule is Cn1c(C(=O)NCc2cn(-c3ccccc3)nc2-c2ccncc2)cc2ccccc21. The topological polar surface area (TPSA) is 64.7 Å². The molecular formula is C25H21N5O. The first-order valence-corrected chi connectivity index (χ1v) is 10.1. The molecule has 0 fully saturated rings. The monoisotopic (exact) mass is 407 g/mol. The first-order chi connectivity index (χ1) is 15.2. The van der Waals surface area contributed by atoms with Crippen LogP contribution in [0.5, 0.6) is 0 Å². The molecule has 152 valence electrons. The van der Waals surface area contributed by atoms with Crippen molar-refractivity contribution in [2.45, 2.75) is 6.54 Å². The fraction of sp³-hybridized carbons (Fsp3) is 0.0800. The van der Waals surface area contributed by atoms with E-state index in [-0.39, 0.29) is 5.91 Å². The fourth-order valence-electron chi connectivity index (χ4n) is 3.78. The second-order valence-electron chi connectivity index (χ2n) is 7.35. The molecule has 0 aliphatic rings. The number of hydrogen-bond donors (Lipinski definition) is 1. The molecule has 1 amide bonds. The van der Waals surface area contributed by atoms with Crippen LogP contribution < -0.4 is 5.32 Å². The number of nitrogens with one attached hydrogen (secondary N) is 1. The molecule has 6 heteroatoms. The molecule has 5 rings (SSSR count). The lowest BCUT2D eigenvalue weighted by atomic mass is 10.1. The third-order valence-electron chi connectivity index (χ3n) is 5.39. The Kier molecular flexibility index (Phi) is 4.80. The van der Waals surface area contributed by atoms with E-state index in [4.69, 9.17) is 5.10 Å². The summed E-state index contributed by atoms with van der Waals surface area (Å²) in [6.45, 7) is 0.366. The number of hydrogen-bond acceptors (Lipinski definition) is 3. The zero-order valence-electron chi connectivity index (χ0n) is 17.1. The fourth-order valence-corrected chi connectivity index (χ4v) is 3.78. The van der Waals surface area contributed by atoms with E-state index in [9.17, 15) is 4.79 Å². The number of pyridine rings is 1. The van der Waals surface area contributed by atoms with Crippen LogP contribution in [0, 0.1) is 0 Å². The van der Waals surface area contributed by atoms with Gasteiger partial charge in [-0.3, -0.25) is 9.78 Å². The number of aromatic nitrogens is 4. The number of carbonyl (C=O) groups excluding carboxylic acids is 1. The molecular weight excluding hydrogens is 386 g/mol. The molecule has 5 aromatic rings. The van der Waals surface area contributed by atoms with E-state index >= 15 is 0 Å². The van der Waals surface area contributed by atoms with Crippen LogP contribution >= 0.6 is 0 Å². The summed E-state index contributed by atoms with van der Waals surface area (Å²) in [5.74, 6) is -0.119. The van der Waals surface area contributed by atoms with Crippen molar-refractivity contribution in [3.05, 3.63) is 103 Å². The Morgan fingerprint density at radius 1 is 0.968 bits per heavy atom. The van der Waals surface area contributed by atoms with Crippen molar-refractivity contribution in [1.82, 2.24) is 24.6 Å². The van der Waals surface area contributed by atoms with E-state index in [2.05, 4.69) is 10.3 Å². The quantitative estimate of drug-likeness (QED) is 0.471. The van der Waals surface area contributed by atoms with Crippen LogP contribution in [-0.4, -0.2) is 25.2 Å². The lowest BCUT2D eigenvalue weighted by molar-refractivity contribution is 0.0943. The van der Waals surface area contributed by atoms with Crippen LogP contribution in [0.3, 0.4) is 0 Å². The zero-order valence-corrected chi connectivity index (χ0v) is 17.1. The van der Waals surface area contributed by atoms with Crippen molar-refractivity contribution in [2.75, 3.05) is 0 Å². The Balaban J connectivity index is 1.46. The number of carbonyl (C=O) groups is 1. The van der Waals surface area contributed by atoms with Crippen LogP contribution in [0.25, 0.3) is 27.8 Å². The lowest BCUT2D eigenvalue weighted by Crippen LogP contribution is -2.24. The number of rotatable bonds is 5. The number of amides is 1. The Labute approximate surface area is 179 Å². The molecule has 0 radical (unpaired) electrons. The third-order valence-corrected chi connectivity index (χ3v) is 5.39. The number of fused-ring (bicyclic) bond motifs is 1. The zero-order chi connectivity index (χ0) is 21.2. The molecule has 0 atom stereocenters. The van der Waals surface area contributed by atoms with Crippen LogP contribution in [0.4, 0.5) is 0 Å². The number of benzene rings is 2. The lowest BCUT2D eigenvalue weighted by Gasteiger charge is -2.07. The van der Waals surface area contributed by atoms with E-state index in [0.29, 0.717) is 12.2 Å². The molecule has 0 aliphatic heterocycles. The van der Waals surface area contributed by atoms with E-state index < -0.39 is 0 Å². The first-order valence-electron chi connectivity index (χ1n) is 10.1. The van der Waals surface area contributed by atoms with Gasteiger partial charge in [0.25, 0.3) is 5.91 Å². The molecule has 0 aliphatic carbocycles. The minimum atomic E-state index is -0.119. The van der Waals surface area contributed by atoms with Crippen molar-refractivity contribution in [3.63, 3.8) is 0 Å². The summed E-state index contributed by atoms with van der Waals surface area (Å²) < 4.78 is 3.76. The van der Waals surface area contributed by atoms with Gasteiger partial charge < -0.3 is 9.88 Å². The molecule has 31 heavy (non-hydrogen) atoms. The van der Waals surface area contributed by atoms with Gasteiger partial charge in [-0.2, -0.15) is 5.10 Å². The van der Waals surface area contributed by atoms with Gasteiger partial charge in [0.2, 0.25) is 0 Å². The average Bonchev–Trinajstić information content (AvgIpc) is 3.40. The predicted octanol–water partition coefficient (Wildman–Crippen LogP) is 4.36. The van der Waals surface area contributed by atoms with Gasteiger partial charge in [-0.15, -0.1) is 0 Å². The summed E-state index contributed by atoms with van der Waals surface area (Å²) in [5, 5.41) is 8.90. The number of nitrogens with zero attached hydrogens (tertiary/aromatic N) is 4. The first kappa shape index (κ1) is 18.8. The Morgan fingerprint density at radius 2 is 1.71 bits per heavy atom. The standard InChI is InChI=1S/C25H21N5O/c1-29-22-10-6-5-7-19(22)15-23(29)25(31)27-16-20-17-30(21-8-3-2-4-9-21)28-24(20)18-11-13-26-14-12-18/h2-15,17H,16H2,1H3,(H,27,31). The van der Waals surface area contributed by atoms with Crippen molar-refractivity contribution in [1.29, 1.82) is 0 Å². The second kappa shape index (κ2) is 7.91. The van der Waals surface area contributed by atoms with Gasteiger partial charge in [0.05, 0.1) is 11.4 Å². The van der Waals surface area contributed by atoms with Crippen molar-refractivity contribution in [3.8, 4) is 16.9 Å². The molecule has 2 aromatic carbocycles. The molecule has 3 aromatic heterocycles. The van der Waals surface area contributed by atoms with Gasteiger partial charge in [-0.05, 0) is 36.4 Å². The Bertz CT molecular complexity index is 1350. The Morgan fingerprint density at radius 3 is 2.48 bits per heavy atom. The molecule has 0 saturated carbocycles. The molecule has 1 N–H and O–H groups in total. The van der Waals surface area contributed by atoms with E-state index in [1.165, 1.54) is 0 Å². The highest BCUT2D eigenvalue weighted by molar-refractivity contribution is 5.98. The van der Waals surface area contributed by atoms with Crippen molar-refractivity contribution < 1.29 is 4.79 Å². The highest BCUT2D eigenvalue weighted by atomic mass is 16.1. The van der Waals surface area contributed by atoms with Gasteiger partial charge >= 0.3 is 0 Å². The van der Waals surface area contributed by atoms with Gasteiger partial charge in [0.1, 0.15) is 5.69 Å². The largest absolute Gasteiger partial charge is 0.347 e. The molecule has 3 heterocycles. The van der Waals surface area contributed by atoms with Gasteiger partial charge in [0, 0.05) is 54.2 Å². The molecule has 0 saturated heterocycles. The maximum atomic E-state index is 13.0. The summed E-state index contributed by atoms with van der Waals surface area (Å²) in [6, 6.07) is 23.7. The Hall–Kier alpha value is -4.19. The normalized spacial score (nSPS) is 11.0. The number of aryl methyl sites for hydroxylation is 1. The third kappa shape index (κ3) is 3.59. The second-order valence-corrected chi connectivity index (χ2v) is 7.35. The smallest absolute Gasteiger partial charge is 0.268 e. The highest BCUT2D eigenvalue weighted by Crippen LogP contribution is 2.24.